The summed E-state index contributed by atoms with van der Waals surface area (Å²) in [6.07, 6.45) is -4.78. The largest absolute Gasteiger partial charge is 0.416 e. The first-order valence-electron chi connectivity index (χ1n) is 6.85. The molecule has 9 heteroatoms. The van der Waals surface area contributed by atoms with Crippen LogP contribution in [0.15, 0.2) is 48.5 Å². The SMILES string of the molecule is N#CC(C(=O)Nc1ccccc1)c1ccc(C(F)(F)F)cc1[N+](=O)[O-]. The molecule has 2 rings (SSSR count). The molecule has 0 aromatic heterocycles. The van der Waals surface area contributed by atoms with Crippen LogP contribution in [0.2, 0.25) is 0 Å². The number of carbonyl (C=O) groups is 1. The van der Waals surface area contributed by atoms with E-state index in [0.717, 1.165) is 6.07 Å². The highest BCUT2D eigenvalue weighted by molar-refractivity contribution is 5.98. The molecule has 1 atom stereocenters. The second-order valence-corrected chi connectivity index (χ2v) is 4.95. The molecule has 128 valence electrons. The van der Waals surface area contributed by atoms with Crippen molar-refractivity contribution in [3.05, 3.63) is 69.8 Å². The van der Waals surface area contributed by atoms with Crippen molar-refractivity contribution in [3.8, 4) is 6.07 Å². The summed E-state index contributed by atoms with van der Waals surface area (Å²) in [7, 11) is 0. The monoisotopic (exact) mass is 349 g/mol. The Morgan fingerprint density at radius 1 is 1.20 bits per heavy atom. The molecule has 0 aliphatic rings. The van der Waals surface area contributed by atoms with Crippen LogP contribution >= 0.6 is 0 Å². The normalized spacial score (nSPS) is 12.1. The molecule has 0 heterocycles. The number of anilines is 1. The van der Waals surface area contributed by atoms with E-state index >= 15 is 0 Å². The molecule has 1 N–H and O–H groups in total. The Hall–Kier alpha value is -3.41. The Morgan fingerprint density at radius 2 is 1.84 bits per heavy atom. The van der Waals surface area contributed by atoms with E-state index in [4.69, 9.17) is 0 Å². The van der Waals surface area contributed by atoms with Gasteiger partial charge in [0.15, 0.2) is 5.92 Å². The number of carbonyl (C=O) groups excluding carboxylic acids is 1. The molecule has 0 spiro atoms. The van der Waals surface area contributed by atoms with Gasteiger partial charge in [-0.1, -0.05) is 18.2 Å². The van der Waals surface area contributed by atoms with Crippen LogP contribution < -0.4 is 5.32 Å². The number of hydrogen-bond acceptors (Lipinski definition) is 4. The highest BCUT2D eigenvalue weighted by Crippen LogP contribution is 2.35. The van der Waals surface area contributed by atoms with Gasteiger partial charge in [-0.2, -0.15) is 18.4 Å². The molecule has 0 radical (unpaired) electrons. The molecular formula is C16H10F3N3O3. The molecule has 0 fully saturated rings. The number of rotatable bonds is 4. The van der Waals surface area contributed by atoms with E-state index in [1.54, 1.807) is 24.3 Å². The topological polar surface area (TPSA) is 96.0 Å². The quantitative estimate of drug-likeness (QED) is 0.669. The first-order chi connectivity index (χ1) is 11.7. The van der Waals surface area contributed by atoms with E-state index in [0.29, 0.717) is 17.8 Å². The van der Waals surface area contributed by atoms with Crippen LogP contribution in [0.3, 0.4) is 0 Å². The summed E-state index contributed by atoms with van der Waals surface area (Å²) >= 11 is 0. The van der Waals surface area contributed by atoms with Gasteiger partial charge in [0.25, 0.3) is 5.69 Å². The molecule has 0 bridgehead atoms. The molecule has 25 heavy (non-hydrogen) atoms. The molecule has 0 saturated heterocycles. The predicted molar refractivity (Wildman–Crippen MR) is 81.5 cm³/mol. The van der Waals surface area contributed by atoms with Gasteiger partial charge in [-0.15, -0.1) is 0 Å². The summed E-state index contributed by atoms with van der Waals surface area (Å²) in [4.78, 5) is 22.3. The minimum absolute atomic E-state index is 0.315. The van der Waals surface area contributed by atoms with Gasteiger partial charge in [-0.25, -0.2) is 0 Å². The lowest BCUT2D eigenvalue weighted by atomic mass is 9.96. The van der Waals surface area contributed by atoms with Crippen LogP contribution in [-0.4, -0.2) is 10.8 Å². The maximum atomic E-state index is 12.7. The number of nitriles is 1. The Bertz CT molecular complexity index is 845. The van der Waals surface area contributed by atoms with Crippen LogP contribution in [0.1, 0.15) is 17.0 Å². The number of halogens is 3. The van der Waals surface area contributed by atoms with Gasteiger partial charge in [0.05, 0.1) is 22.1 Å². The van der Waals surface area contributed by atoms with Crippen molar-refractivity contribution < 1.29 is 22.9 Å². The van der Waals surface area contributed by atoms with E-state index in [9.17, 15) is 33.3 Å². The molecule has 0 aliphatic heterocycles. The lowest BCUT2D eigenvalue weighted by Crippen LogP contribution is -2.21. The first-order valence-corrected chi connectivity index (χ1v) is 6.85. The Balaban J connectivity index is 2.41. The average molecular weight is 349 g/mol. The molecule has 0 saturated carbocycles. The maximum absolute atomic E-state index is 12.7. The van der Waals surface area contributed by atoms with E-state index in [2.05, 4.69) is 5.32 Å². The molecule has 1 amide bonds. The zero-order chi connectivity index (χ0) is 18.6. The van der Waals surface area contributed by atoms with Crippen molar-refractivity contribution in [3.63, 3.8) is 0 Å². The fourth-order valence-electron chi connectivity index (χ4n) is 2.13. The number of nitrogens with zero attached hydrogens (tertiary/aromatic N) is 2. The smallest absolute Gasteiger partial charge is 0.325 e. The minimum atomic E-state index is -4.78. The van der Waals surface area contributed by atoms with E-state index in [-0.39, 0.29) is 0 Å². The fourth-order valence-corrected chi connectivity index (χ4v) is 2.13. The van der Waals surface area contributed by atoms with Gasteiger partial charge in [0, 0.05) is 11.8 Å². The van der Waals surface area contributed by atoms with Crippen LogP contribution in [0.25, 0.3) is 0 Å². The Kier molecular flexibility index (Phi) is 5.02. The van der Waals surface area contributed by atoms with Gasteiger partial charge in [-0.05, 0) is 24.3 Å². The molecule has 6 nitrogen and oxygen atoms in total. The third-order valence-corrected chi connectivity index (χ3v) is 3.30. The molecule has 0 aliphatic carbocycles. The number of benzene rings is 2. The van der Waals surface area contributed by atoms with E-state index < -0.39 is 39.7 Å². The lowest BCUT2D eigenvalue weighted by Gasteiger charge is -2.13. The maximum Gasteiger partial charge on any atom is 0.416 e. The summed E-state index contributed by atoms with van der Waals surface area (Å²) in [6, 6.07) is 11.3. The highest BCUT2D eigenvalue weighted by atomic mass is 19.4. The van der Waals surface area contributed by atoms with Gasteiger partial charge >= 0.3 is 6.18 Å². The van der Waals surface area contributed by atoms with E-state index in [1.165, 1.54) is 12.1 Å². The van der Waals surface area contributed by atoms with Crippen molar-refractivity contribution in [1.29, 1.82) is 5.26 Å². The first kappa shape index (κ1) is 17.9. The van der Waals surface area contributed by atoms with Crippen LogP contribution in [0.5, 0.6) is 0 Å². The van der Waals surface area contributed by atoms with Gasteiger partial charge in [0.2, 0.25) is 5.91 Å². The molecule has 2 aromatic carbocycles. The van der Waals surface area contributed by atoms with Crippen LogP contribution in [0, 0.1) is 21.4 Å². The lowest BCUT2D eigenvalue weighted by molar-refractivity contribution is -0.385. The summed E-state index contributed by atoms with van der Waals surface area (Å²) in [5.74, 6) is -2.51. The van der Waals surface area contributed by atoms with Gasteiger partial charge < -0.3 is 5.32 Å². The minimum Gasteiger partial charge on any atom is -0.325 e. The highest BCUT2D eigenvalue weighted by Gasteiger charge is 2.35. The van der Waals surface area contributed by atoms with Crippen molar-refractivity contribution >= 4 is 17.3 Å². The van der Waals surface area contributed by atoms with Crippen molar-refractivity contribution in [2.24, 2.45) is 0 Å². The second kappa shape index (κ2) is 7.00. The average Bonchev–Trinajstić information content (AvgIpc) is 2.55. The Morgan fingerprint density at radius 3 is 2.36 bits per heavy atom. The summed E-state index contributed by atoms with van der Waals surface area (Å²) < 4.78 is 38.2. The van der Waals surface area contributed by atoms with Crippen LogP contribution in [0.4, 0.5) is 24.5 Å². The molecule has 1 unspecified atom stereocenters. The molecular weight excluding hydrogens is 339 g/mol. The summed E-state index contributed by atoms with van der Waals surface area (Å²) in [5.41, 5.74) is -2.23. The second-order valence-electron chi connectivity index (χ2n) is 4.95. The summed E-state index contributed by atoms with van der Waals surface area (Å²) in [5, 5.41) is 22.7. The van der Waals surface area contributed by atoms with Crippen molar-refractivity contribution in [2.75, 3.05) is 5.32 Å². The molecule has 2 aromatic rings. The third-order valence-electron chi connectivity index (χ3n) is 3.30. The predicted octanol–water partition coefficient (Wildman–Crippen LogP) is 3.86. The number of hydrogen-bond donors (Lipinski definition) is 1. The fraction of sp³-hybridized carbons (Fsp3) is 0.125. The summed E-state index contributed by atoms with van der Waals surface area (Å²) in [6.45, 7) is 0. The van der Waals surface area contributed by atoms with Crippen molar-refractivity contribution in [1.82, 2.24) is 0 Å². The number of nitro groups is 1. The van der Waals surface area contributed by atoms with Gasteiger partial charge in [-0.3, -0.25) is 14.9 Å². The number of amides is 1. The zero-order valence-electron chi connectivity index (χ0n) is 12.4. The number of nitro benzene ring substituents is 1. The third kappa shape index (κ3) is 4.11. The number of nitrogens with one attached hydrogen (secondary N) is 1. The van der Waals surface area contributed by atoms with Gasteiger partial charge in [0.1, 0.15) is 0 Å². The van der Waals surface area contributed by atoms with Crippen LogP contribution in [-0.2, 0) is 11.0 Å². The standard InChI is InChI=1S/C16H10F3N3O3/c17-16(18,19)10-6-7-12(14(8-10)22(24)25)13(9-20)15(23)21-11-4-2-1-3-5-11/h1-8,13H,(H,21,23). The zero-order valence-corrected chi connectivity index (χ0v) is 12.4. The van der Waals surface area contributed by atoms with E-state index in [1.807, 2.05) is 0 Å². The number of alkyl halides is 3. The Labute approximate surface area is 139 Å². The number of para-hydroxylation sites is 1. The van der Waals surface area contributed by atoms with Crippen molar-refractivity contribution in [2.45, 2.75) is 12.1 Å².